The number of hydrogen-bond donors (Lipinski definition) is 1. The van der Waals surface area contributed by atoms with E-state index in [1.54, 1.807) is 0 Å². The standard InChI is InChI=1S/C13H14N2.ClH.H2O/c14-13-9-5-1-3-7-11(9)15-12-8-4-2-6-10(12)13;;/h1,3,5,7H,2,4,6,8H2,(H2,14,15);1H;1H2. The van der Waals surface area contributed by atoms with E-state index in [4.69, 9.17) is 10.7 Å². The van der Waals surface area contributed by atoms with Crippen molar-refractivity contribution in [3.8, 4) is 0 Å². The predicted molar refractivity (Wildman–Crippen MR) is 73.7 cm³/mol. The number of fused-ring (bicyclic) bond motifs is 2. The van der Waals surface area contributed by atoms with Crippen LogP contribution in [0.3, 0.4) is 0 Å². The lowest BCUT2D eigenvalue weighted by molar-refractivity contribution is 0.673. The van der Waals surface area contributed by atoms with E-state index in [0.717, 1.165) is 29.4 Å². The van der Waals surface area contributed by atoms with Crippen LogP contribution in [0.2, 0.25) is 0 Å². The van der Waals surface area contributed by atoms with Gasteiger partial charge in [0.15, 0.2) is 0 Å². The van der Waals surface area contributed by atoms with Crippen LogP contribution in [0.25, 0.3) is 10.9 Å². The number of para-hydroxylation sites is 1. The number of nitrogens with zero attached hydrogens (tertiary/aromatic N) is 1. The second-order valence-corrected chi connectivity index (χ2v) is 4.17. The normalized spacial score (nSPS) is 13.4. The third kappa shape index (κ3) is 2.21. The second-order valence-electron chi connectivity index (χ2n) is 4.17. The molecule has 0 radical (unpaired) electrons. The van der Waals surface area contributed by atoms with E-state index in [9.17, 15) is 0 Å². The van der Waals surface area contributed by atoms with Crippen LogP contribution in [0.15, 0.2) is 24.3 Å². The molecule has 0 aliphatic heterocycles. The molecule has 3 rings (SSSR count). The molecule has 4 N–H and O–H groups in total. The molecule has 92 valence electrons. The average molecular weight is 253 g/mol. The molecule has 0 amide bonds. The van der Waals surface area contributed by atoms with Gasteiger partial charge in [-0.25, -0.2) is 0 Å². The van der Waals surface area contributed by atoms with Gasteiger partial charge < -0.3 is 11.2 Å². The first-order valence-electron chi connectivity index (χ1n) is 5.52. The first-order chi connectivity index (χ1) is 7.36. The van der Waals surface area contributed by atoms with Gasteiger partial charge in [-0.15, -0.1) is 12.4 Å². The van der Waals surface area contributed by atoms with Gasteiger partial charge in [-0.3, -0.25) is 4.98 Å². The van der Waals surface area contributed by atoms with Gasteiger partial charge in [0.1, 0.15) is 0 Å². The van der Waals surface area contributed by atoms with Crippen LogP contribution in [-0.2, 0) is 12.8 Å². The van der Waals surface area contributed by atoms with E-state index in [1.165, 1.54) is 24.1 Å². The van der Waals surface area contributed by atoms with Gasteiger partial charge in [0, 0.05) is 16.8 Å². The van der Waals surface area contributed by atoms with E-state index in [-0.39, 0.29) is 17.9 Å². The highest BCUT2D eigenvalue weighted by molar-refractivity contribution is 5.92. The van der Waals surface area contributed by atoms with Crippen molar-refractivity contribution in [1.29, 1.82) is 0 Å². The van der Waals surface area contributed by atoms with Crippen LogP contribution < -0.4 is 5.73 Å². The molecule has 1 aromatic heterocycles. The largest absolute Gasteiger partial charge is 0.412 e. The number of aromatic nitrogens is 1. The molecular weight excluding hydrogens is 236 g/mol. The first kappa shape index (κ1) is 13.7. The first-order valence-corrected chi connectivity index (χ1v) is 5.52. The Balaban J connectivity index is 0.000000722. The molecule has 0 bridgehead atoms. The summed E-state index contributed by atoms with van der Waals surface area (Å²) in [7, 11) is 0. The van der Waals surface area contributed by atoms with E-state index >= 15 is 0 Å². The number of halogens is 1. The van der Waals surface area contributed by atoms with Crippen LogP contribution in [-0.4, -0.2) is 10.5 Å². The van der Waals surface area contributed by atoms with Gasteiger partial charge in [-0.2, -0.15) is 0 Å². The average Bonchev–Trinajstić information content (AvgIpc) is 2.30. The van der Waals surface area contributed by atoms with Gasteiger partial charge in [0.05, 0.1) is 5.52 Å². The zero-order valence-corrected chi connectivity index (χ0v) is 10.4. The maximum absolute atomic E-state index is 6.20. The summed E-state index contributed by atoms with van der Waals surface area (Å²) in [4.78, 5) is 4.70. The topological polar surface area (TPSA) is 70.4 Å². The van der Waals surface area contributed by atoms with E-state index < -0.39 is 0 Å². The Labute approximate surface area is 107 Å². The summed E-state index contributed by atoms with van der Waals surface area (Å²) in [6.07, 6.45) is 4.68. The summed E-state index contributed by atoms with van der Waals surface area (Å²) >= 11 is 0. The molecule has 2 aromatic rings. The lowest BCUT2D eigenvalue weighted by Gasteiger charge is -2.18. The van der Waals surface area contributed by atoms with E-state index in [0.29, 0.717) is 0 Å². The summed E-state index contributed by atoms with van der Waals surface area (Å²) in [6.45, 7) is 0. The Kier molecular flexibility index (Phi) is 4.32. The molecule has 0 atom stereocenters. The summed E-state index contributed by atoms with van der Waals surface area (Å²) in [5.74, 6) is 0. The number of hydrogen-bond acceptors (Lipinski definition) is 2. The highest BCUT2D eigenvalue weighted by Crippen LogP contribution is 2.30. The molecule has 0 spiro atoms. The monoisotopic (exact) mass is 252 g/mol. The maximum Gasteiger partial charge on any atom is 0.0726 e. The summed E-state index contributed by atoms with van der Waals surface area (Å²) in [6, 6.07) is 8.15. The molecule has 1 aliphatic carbocycles. The number of pyridine rings is 1. The van der Waals surface area contributed by atoms with Crippen molar-refractivity contribution in [1.82, 2.24) is 4.98 Å². The van der Waals surface area contributed by atoms with Gasteiger partial charge in [-0.05, 0) is 37.3 Å². The number of aryl methyl sites for hydroxylation is 1. The van der Waals surface area contributed by atoms with Crippen LogP contribution >= 0.6 is 12.4 Å². The lowest BCUT2D eigenvalue weighted by Crippen LogP contribution is -2.09. The van der Waals surface area contributed by atoms with Crippen molar-refractivity contribution in [3.05, 3.63) is 35.5 Å². The minimum Gasteiger partial charge on any atom is -0.412 e. The molecule has 1 aromatic carbocycles. The van der Waals surface area contributed by atoms with Crippen molar-refractivity contribution in [2.24, 2.45) is 0 Å². The Hall–Kier alpha value is -1.32. The van der Waals surface area contributed by atoms with Crippen molar-refractivity contribution >= 4 is 29.0 Å². The zero-order chi connectivity index (χ0) is 10.3. The molecule has 0 saturated carbocycles. The van der Waals surface area contributed by atoms with Crippen molar-refractivity contribution in [2.45, 2.75) is 25.7 Å². The Morgan fingerprint density at radius 2 is 1.76 bits per heavy atom. The second kappa shape index (κ2) is 5.34. The van der Waals surface area contributed by atoms with Gasteiger partial charge in [-0.1, -0.05) is 18.2 Å². The number of benzene rings is 1. The molecule has 1 aliphatic rings. The SMILES string of the molecule is Cl.Nc1c2c(nc3ccccc13)CCCC2.O. The molecule has 17 heavy (non-hydrogen) atoms. The maximum atomic E-state index is 6.20. The third-order valence-electron chi connectivity index (χ3n) is 3.21. The summed E-state index contributed by atoms with van der Waals surface area (Å²) < 4.78 is 0. The van der Waals surface area contributed by atoms with Gasteiger partial charge in [0.25, 0.3) is 0 Å². The zero-order valence-electron chi connectivity index (χ0n) is 9.57. The molecule has 0 unspecified atom stereocenters. The molecule has 3 nitrogen and oxygen atoms in total. The van der Waals surface area contributed by atoms with E-state index in [1.807, 2.05) is 18.2 Å². The Morgan fingerprint density at radius 1 is 1.06 bits per heavy atom. The minimum absolute atomic E-state index is 0. The molecule has 0 fully saturated rings. The lowest BCUT2D eigenvalue weighted by atomic mass is 9.93. The fourth-order valence-corrected chi connectivity index (χ4v) is 2.41. The van der Waals surface area contributed by atoms with Gasteiger partial charge in [0.2, 0.25) is 0 Å². The Bertz CT molecular complexity index is 528. The number of anilines is 1. The minimum atomic E-state index is 0. The van der Waals surface area contributed by atoms with Crippen LogP contribution in [0.4, 0.5) is 5.69 Å². The van der Waals surface area contributed by atoms with Crippen molar-refractivity contribution in [3.63, 3.8) is 0 Å². The van der Waals surface area contributed by atoms with Crippen molar-refractivity contribution in [2.75, 3.05) is 5.73 Å². The smallest absolute Gasteiger partial charge is 0.0726 e. The molecular formula is C13H17ClN2O. The number of nitrogens with two attached hydrogens (primary N) is 1. The number of nitrogen functional groups attached to an aromatic ring is 1. The van der Waals surface area contributed by atoms with Crippen LogP contribution in [0.1, 0.15) is 24.1 Å². The number of rotatable bonds is 0. The van der Waals surface area contributed by atoms with Gasteiger partial charge >= 0.3 is 0 Å². The molecule has 4 heteroatoms. The molecule has 1 heterocycles. The highest BCUT2D eigenvalue weighted by Gasteiger charge is 2.15. The summed E-state index contributed by atoms with van der Waals surface area (Å²) in [5.41, 5.74) is 10.7. The third-order valence-corrected chi connectivity index (χ3v) is 3.21. The predicted octanol–water partition coefficient (Wildman–Crippen LogP) is 2.29. The molecule has 0 saturated heterocycles. The van der Waals surface area contributed by atoms with Crippen LogP contribution in [0.5, 0.6) is 0 Å². The fourth-order valence-electron chi connectivity index (χ4n) is 2.41. The van der Waals surface area contributed by atoms with Crippen molar-refractivity contribution < 1.29 is 5.48 Å². The fraction of sp³-hybridized carbons (Fsp3) is 0.308. The summed E-state index contributed by atoms with van der Waals surface area (Å²) in [5, 5.41) is 1.11. The Morgan fingerprint density at radius 3 is 2.59 bits per heavy atom. The van der Waals surface area contributed by atoms with E-state index in [2.05, 4.69) is 6.07 Å². The highest BCUT2D eigenvalue weighted by atomic mass is 35.5. The van der Waals surface area contributed by atoms with Crippen LogP contribution in [0, 0.1) is 0 Å². The quantitative estimate of drug-likeness (QED) is 0.782.